The summed E-state index contributed by atoms with van der Waals surface area (Å²) in [5.41, 5.74) is 2.52. The van der Waals surface area contributed by atoms with Crippen molar-refractivity contribution in [1.82, 2.24) is 4.57 Å². The molecule has 4 nitrogen and oxygen atoms in total. The highest BCUT2D eigenvalue weighted by Crippen LogP contribution is 2.13. The number of rotatable bonds is 1. The molecule has 0 aliphatic rings. The van der Waals surface area contributed by atoms with E-state index in [9.17, 15) is 0 Å². The van der Waals surface area contributed by atoms with Gasteiger partial charge in [-0.3, -0.25) is 4.57 Å². The predicted molar refractivity (Wildman–Crippen MR) is 79.8 cm³/mol. The molecule has 0 N–H and O–H groups in total. The molecule has 2 rings (SSSR count). The molecule has 1 heterocycles. The maximum atomic E-state index is 5.62. The molecule has 19 heavy (non-hydrogen) atoms. The quantitative estimate of drug-likeness (QED) is 0.592. The van der Waals surface area contributed by atoms with Crippen molar-refractivity contribution >= 4 is 22.6 Å². The zero-order valence-electron chi connectivity index (χ0n) is 11.5. The minimum absolute atomic E-state index is 0.569. The molecule has 0 aliphatic carbocycles. The second-order valence-corrected chi connectivity index (χ2v) is 4.90. The Kier molecular flexibility index (Phi) is 4.27. The molecule has 0 saturated carbocycles. The second-order valence-electron chi connectivity index (χ2n) is 4.13. The van der Waals surface area contributed by atoms with Crippen LogP contribution >= 0.6 is 11.8 Å². The van der Waals surface area contributed by atoms with Crippen molar-refractivity contribution in [1.29, 1.82) is 0 Å². The van der Waals surface area contributed by atoms with Crippen molar-refractivity contribution in [3.63, 3.8) is 0 Å². The summed E-state index contributed by atoms with van der Waals surface area (Å²) in [5, 5.41) is 0.676. The lowest BCUT2D eigenvalue weighted by Crippen LogP contribution is -2.14. The first-order valence-electron chi connectivity index (χ1n) is 5.97. The molecule has 0 fully saturated rings. The van der Waals surface area contributed by atoms with Gasteiger partial charge in [0.2, 0.25) is 0 Å². The van der Waals surface area contributed by atoms with E-state index in [0.29, 0.717) is 10.9 Å². The topological polar surface area (TPSA) is 42.8 Å². The minimum Gasteiger partial charge on any atom is -0.428 e. The summed E-state index contributed by atoms with van der Waals surface area (Å²) in [5.74, 6) is 0.876. The maximum absolute atomic E-state index is 5.62. The van der Waals surface area contributed by atoms with Crippen LogP contribution in [0.15, 0.2) is 44.7 Å². The van der Waals surface area contributed by atoms with Gasteiger partial charge in [0.25, 0.3) is 0 Å². The summed E-state index contributed by atoms with van der Waals surface area (Å²) in [7, 11) is 1.94. The molecule has 5 heteroatoms. The van der Waals surface area contributed by atoms with Gasteiger partial charge >= 0.3 is 5.68 Å². The Morgan fingerprint density at radius 2 is 1.89 bits per heavy atom. The molecule has 0 spiro atoms. The molecule has 0 amide bonds. The zero-order chi connectivity index (χ0) is 13.8. The molecular weight excluding hydrogens is 258 g/mol. The summed E-state index contributed by atoms with van der Waals surface area (Å²) in [4.78, 5) is 8.95. The molecular formula is C14H17N3OS. The Bertz CT molecular complexity index is 653. The number of aryl methyl sites for hydroxylation is 1. The van der Waals surface area contributed by atoms with Gasteiger partial charge < -0.3 is 4.42 Å². The van der Waals surface area contributed by atoms with Gasteiger partial charge in [0.15, 0.2) is 5.17 Å². The number of oxazole rings is 1. The fourth-order valence-corrected chi connectivity index (χ4v) is 1.93. The second kappa shape index (κ2) is 5.93. The smallest absolute Gasteiger partial charge is 0.304 e. The van der Waals surface area contributed by atoms with Crippen molar-refractivity contribution in [3.8, 4) is 0 Å². The zero-order valence-corrected chi connectivity index (χ0v) is 12.4. The lowest BCUT2D eigenvalue weighted by molar-refractivity contribution is 0.458. The molecule has 0 aliphatic heterocycles. The molecule has 1 aromatic carbocycles. The number of nitrogens with zero attached hydrogens (tertiary/aromatic N) is 3. The van der Waals surface area contributed by atoms with Crippen molar-refractivity contribution < 1.29 is 4.42 Å². The van der Waals surface area contributed by atoms with Crippen LogP contribution in [0, 0.1) is 13.8 Å². The average Bonchev–Trinajstić information content (AvgIpc) is 2.67. The van der Waals surface area contributed by atoms with E-state index in [1.807, 2.05) is 62.0 Å². The van der Waals surface area contributed by atoms with Crippen LogP contribution in [0.4, 0.5) is 5.69 Å². The Balaban J connectivity index is 2.44. The summed E-state index contributed by atoms with van der Waals surface area (Å²) < 4.78 is 7.54. The van der Waals surface area contributed by atoms with E-state index in [-0.39, 0.29) is 0 Å². The number of benzene rings is 1. The van der Waals surface area contributed by atoms with E-state index in [4.69, 9.17) is 4.42 Å². The Morgan fingerprint density at radius 3 is 2.42 bits per heavy atom. The van der Waals surface area contributed by atoms with E-state index < -0.39 is 0 Å². The summed E-state index contributed by atoms with van der Waals surface area (Å²) >= 11 is 1.49. The first-order chi connectivity index (χ1) is 9.11. The van der Waals surface area contributed by atoms with Gasteiger partial charge in [-0.25, -0.2) is 4.99 Å². The largest absolute Gasteiger partial charge is 0.428 e. The Morgan fingerprint density at radius 1 is 1.21 bits per heavy atom. The summed E-state index contributed by atoms with van der Waals surface area (Å²) in [6, 6.07) is 9.78. The van der Waals surface area contributed by atoms with Crippen LogP contribution in [0.3, 0.4) is 0 Å². The third-order valence-electron chi connectivity index (χ3n) is 2.90. The third-order valence-corrected chi connectivity index (χ3v) is 3.45. The van der Waals surface area contributed by atoms with Gasteiger partial charge in [-0.15, -0.1) is 0 Å². The lowest BCUT2D eigenvalue weighted by Gasteiger charge is -1.97. The van der Waals surface area contributed by atoms with Gasteiger partial charge in [-0.05, 0) is 32.2 Å². The third kappa shape index (κ3) is 3.17. The first kappa shape index (κ1) is 13.7. The molecule has 0 unspecified atom stereocenters. The van der Waals surface area contributed by atoms with Gasteiger partial charge in [-0.1, -0.05) is 30.0 Å². The summed E-state index contributed by atoms with van der Waals surface area (Å²) in [6.07, 6.45) is 1.95. The summed E-state index contributed by atoms with van der Waals surface area (Å²) in [6.45, 7) is 3.94. The molecule has 0 bridgehead atoms. The van der Waals surface area contributed by atoms with E-state index in [2.05, 4.69) is 9.98 Å². The molecule has 0 saturated heterocycles. The fourth-order valence-electron chi connectivity index (χ4n) is 1.57. The van der Waals surface area contributed by atoms with E-state index in [1.54, 1.807) is 0 Å². The van der Waals surface area contributed by atoms with Crippen molar-refractivity contribution in [3.05, 3.63) is 47.5 Å². The molecule has 0 radical (unpaired) electrons. The van der Waals surface area contributed by atoms with Crippen molar-refractivity contribution in [2.75, 3.05) is 6.26 Å². The highest BCUT2D eigenvalue weighted by atomic mass is 32.2. The molecule has 1 aromatic heterocycles. The number of hydrogen-bond acceptors (Lipinski definition) is 3. The van der Waals surface area contributed by atoms with Crippen LogP contribution < -0.4 is 5.68 Å². The normalized spacial score (nSPS) is 13.1. The highest BCUT2D eigenvalue weighted by molar-refractivity contribution is 8.13. The lowest BCUT2D eigenvalue weighted by atomic mass is 10.3. The van der Waals surface area contributed by atoms with E-state index in [1.165, 1.54) is 11.8 Å². The Labute approximate surface area is 116 Å². The minimum atomic E-state index is 0.569. The number of thioether (sulfide) groups is 1. The van der Waals surface area contributed by atoms with Crippen LogP contribution in [0.5, 0.6) is 0 Å². The van der Waals surface area contributed by atoms with E-state index in [0.717, 1.165) is 17.1 Å². The molecule has 2 aromatic rings. The highest BCUT2D eigenvalue weighted by Gasteiger charge is 2.05. The van der Waals surface area contributed by atoms with Crippen LogP contribution in [-0.2, 0) is 7.05 Å². The predicted octanol–water partition coefficient (Wildman–Crippen LogP) is 3.19. The maximum Gasteiger partial charge on any atom is 0.304 e. The molecule has 100 valence electrons. The van der Waals surface area contributed by atoms with Crippen LogP contribution in [-0.4, -0.2) is 16.0 Å². The number of para-hydroxylation sites is 1. The van der Waals surface area contributed by atoms with Crippen molar-refractivity contribution in [2.24, 2.45) is 17.0 Å². The SMILES string of the molecule is CSC(=Nc1ccccc1)/N=c1/oc(C)c(C)n1C. The van der Waals surface area contributed by atoms with E-state index >= 15 is 0 Å². The Hall–Kier alpha value is -1.75. The molecule has 0 atom stereocenters. The van der Waals surface area contributed by atoms with Crippen LogP contribution in [0.1, 0.15) is 11.5 Å². The van der Waals surface area contributed by atoms with Gasteiger partial charge in [0.05, 0.1) is 11.4 Å². The van der Waals surface area contributed by atoms with Crippen LogP contribution in [0.2, 0.25) is 0 Å². The fraction of sp³-hybridized carbons (Fsp3) is 0.286. The number of hydrogen-bond donors (Lipinski definition) is 0. The van der Waals surface area contributed by atoms with Gasteiger partial charge in [0.1, 0.15) is 5.76 Å². The number of aromatic nitrogens is 1. The number of aliphatic imine (C=N–C) groups is 1. The van der Waals surface area contributed by atoms with Gasteiger partial charge in [-0.2, -0.15) is 4.99 Å². The number of amidine groups is 1. The first-order valence-corrected chi connectivity index (χ1v) is 7.19. The standard InChI is InChI=1S/C14H17N3OS/c1-10-11(2)18-14(17(10)3)16-13(19-4)15-12-8-6-5-7-9-12/h5-9H,1-4H3/b15-13?,16-14+. The van der Waals surface area contributed by atoms with Crippen molar-refractivity contribution in [2.45, 2.75) is 13.8 Å². The van der Waals surface area contributed by atoms with Gasteiger partial charge in [0, 0.05) is 7.05 Å². The van der Waals surface area contributed by atoms with Crippen LogP contribution in [0.25, 0.3) is 0 Å². The monoisotopic (exact) mass is 275 g/mol. The average molecular weight is 275 g/mol.